The van der Waals surface area contributed by atoms with Crippen LogP contribution in [-0.4, -0.2) is 59.4 Å². The molecule has 1 aliphatic heterocycles. The van der Waals surface area contributed by atoms with Gasteiger partial charge in [0, 0.05) is 18.9 Å². The van der Waals surface area contributed by atoms with E-state index in [-0.39, 0.29) is 31.1 Å². The van der Waals surface area contributed by atoms with E-state index in [1.807, 2.05) is 0 Å². The molecule has 8 nitrogen and oxygen atoms in total. The van der Waals surface area contributed by atoms with Crippen LogP contribution in [0.3, 0.4) is 0 Å². The van der Waals surface area contributed by atoms with Gasteiger partial charge >= 0.3 is 5.97 Å². The van der Waals surface area contributed by atoms with Crippen LogP contribution in [0.5, 0.6) is 0 Å². The topological polar surface area (TPSA) is 102 Å². The van der Waals surface area contributed by atoms with Crippen molar-refractivity contribution in [3.8, 4) is 5.69 Å². The monoisotopic (exact) mass is 351 g/mol. The first-order chi connectivity index (χ1) is 11.5. The fourth-order valence-corrected chi connectivity index (χ4v) is 4.24. The van der Waals surface area contributed by atoms with Crippen LogP contribution in [0.1, 0.15) is 6.42 Å². The molecule has 0 unspecified atom stereocenters. The summed E-state index contributed by atoms with van der Waals surface area (Å²) in [6.45, 7) is 0.471. The molecule has 0 spiro atoms. The first-order valence-electron chi connectivity index (χ1n) is 7.40. The Hall–Kier alpha value is -2.23. The van der Waals surface area contributed by atoms with Crippen molar-refractivity contribution >= 4 is 16.0 Å². The normalized spacial score (nSPS) is 19.2. The molecule has 2 heterocycles. The number of sulfonamides is 1. The number of morpholine rings is 1. The molecule has 1 aromatic heterocycles. The van der Waals surface area contributed by atoms with Crippen LogP contribution in [0.4, 0.5) is 0 Å². The van der Waals surface area contributed by atoms with Gasteiger partial charge in [-0.2, -0.15) is 9.40 Å². The standard InChI is InChI=1S/C15H17N3O5S/c19-15(20)10-13-11-23-9-8-18(13)24(21,22)14-4-2-12(3-5-14)17-7-1-6-16-17/h1-7,13H,8-11H2,(H,19,20)/t13-/m1/s1. The van der Waals surface area contributed by atoms with Crippen molar-refractivity contribution in [3.05, 3.63) is 42.7 Å². The first kappa shape index (κ1) is 16.6. The van der Waals surface area contributed by atoms with Gasteiger partial charge in [-0.15, -0.1) is 0 Å². The lowest BCUT2D eigenvalue weighted by molar-refractivity contribution is -0.139. The van der Waals surface area contributed by atoms with Gasteiger partial charge < -0.3 is 9.84 Å². The molecule has 1 saturated heterocycles. The number of carboxylic acid groups (broad SMARTS) is 1. The van der Waals surface area contributed by atoms with Gasteiger partial charge in [-0.25, -0.2) is 13.1 Å². The number of nitrogens with zero attached hydrogens (tertiary/aromatic N) is 3. The lowest BCUT2D eigenvalue weighted by atomic mass is 10.2. The van der Waals surface area contributed by atoms with Crippen molar-refractivity contribution in [1.29, 1.82) is 0 Å². The summed E-state index contributed by atoms with van der Waals surface area (Å²) in [5.74, 6) is -1.06. The Kier molecular flexibility index (Phi) is 4.65. The summed E-state index contributed by atoms with van der Waals surface area (Å²) < 4.78 is 33.7. The van der Waals surface area contributed by atoms with Crippen LogP contribution >= 0.6 is 0 Å². The summed E-state index contributed by atoms with van der Waals surface area (Å²) in [5.41, 5.74) is 0.739. The largest absolute Gasteiger partial charge is 0.481 e. The summed E-state index contributed by atoms with van der Waals surface area (Å²) in [4.78, 5) is 11.1. The van der Waals surface area contributed by atoms with E-state index in [2.05, 4.69) is 5.10 Å². The van der Waals surface area contributed by atoms with Gasteiger partial charge in [0.2, 0.25) is 10.0 Å². The van der Waals surface area contributed by atoms with E-state index in [0.29, 0.717) is 0 Å². The Morgan fingerprint density at radius 2 is 2.08 bits per heavy atom. The van der Waals surface area contributed by atoms with Crippen LogP contribution < -0.4 is 0 Å². The Bertz CT molecular complexity index is 802. The van der Waals surface area contributed by atoms with Crippen LogP contribution in [0.2, 0.25) is 0 Å². The predicted molar refractivity (Wildman–Crippen MR) is 84.3 cm³/mol. The van der Waals surface area contributed by atoms with Gasteiger partial charge in [-0.1, -0.05) is 0 Å². The minimum absolute atomic E-state index is 0.0803. The van der Waals surface area contributed by atoms with Crippen molar-refractivity contribution in [2.75, 3.05) is 19.8 Å². The maximum absolute atomic E-state index is 12.8. The fraction of sp³-hybridized carbons (Fsp3) is 0.333. The maximum Gasteiger partial charge on any atom is 0.305 e. The number of benzene rings is 1. The molecule has 3 rings (SSSR count). The van der Waals surface area contributed by atoms with E-state index < -0.39 is 22.0 Å². The molecule has 0 aliphatic carbocycles. The molecule has 0 bridgehead atoms. The minimum atomic E-state index is -3.78. The Morgan fingerprint density at radius 3 is 2.71 bits per heavy atom. The third-order valence-electron chi connectivity index (χ3n) is 3.80. The Balaban J connectivity index is 1.87. The minimum Gasteiger partial charge on any atom is -0.481 e. The summed E-state index contributed by atoms with van der Waals surface area (Å²) in [5, 5.41) is 13.1. The Morgan fingerprint density at radius 1 is 1.33 bits per heavy atom. The van der Waals surface area contributed by atoms with Gasteiger partial charge in [-0.05, 0) is 30.3 Å². The quantitative estimate of drug-likeness (QED) is 0.852. The smallest absolute Gasteiger partial charge is 0.305 e. The molecular weight excluding hydrogens is 334 g/mol. The molecule has 1 aromatic carbocycles. The van der Waals surface area contributed by atoms with E-state index in [0.717, 1.165) is 5.69 Å². The zero-order valence-corrected chi connectivity index (χ0v) is 13.6. The van der Waals surface area contributed by atoms with E-state index in [9.17, 15) is 13.2 Å². The van der Waals surface area contributed by atoms with E-state index in [1.54, 1.807) is 35.3 Å². The number of ether oxygens (including phenoxy) is 1. The molecule has 9 heteroatoms. The second-order valence-electron chi connectivity index (χ2n) is 5.39. The number of hydrogen-bond acceptors (Lipinski definition) is 5. The van der Waals surface area contributed by atoms with Gasteiger partial charge in [0.15, 0.2) is 0 Å². The number of rotatable bonds is 5. The number of hydrogen-bond donors (Lipinski definition) is 1. The summed E-state index contributed by atoms with van der Waals surface area (Å²) in [6.07, 6.45) is 3.11. The fourth-order valence-electron chi connectivity index (χ4n) is 2.65. The summed E-state index contributed by atoms with van der Waals surface area (Å²) in [6, 6.07) is 7.39. The highest BCUT2D eigenvalue weighted by molar-refractivity contribution is 7.89. The van der Waals surface area contributed by atoms with Gasteiger partial charge in [0.1, 0.15) is 0 Å². The van der Waals surface area contributed by atoms with Crippen LogP contribution in [0.25, 0.3) is 5.69 Å². The highest BCUT2D eigenvalue weighted by Gasteiger charge is 2.35. The lowest BCUT2D eigenvalue weighted by Crippen LogP contribution is -2.49. The molecule has 24 heavy (non-hydrogen) atoms. The zero-order chi connectivity index (χ0) is 17.2. The molecule has 1 fully saturated rings. The van der Waals surface area contributed by atoms with Crippen LogP contribution in [0, 0.1) is 0 Å². The zero-order valence-electron chi connectivity index (χ0n) is 12.8. The van der Waals surface area contributed by atoms with Gasteiger partial charge in [-0.3, -0.25) is 4.79 Å². The molecule has 128 valence electrons. The van der Waals surface area contributed by atoms with Crippen molar-refractivity contribution in [3.63, 3.8) is 0 Å². The van der Waals surface area contributed by atoms with E-state index in [4.69, 9.17) is 9.84 Å². The third kappa shape index (κ3) is 3.32. The molecule has 2 aromatic rings. The van der Waals surface area contributed by atoms with Crippen molar-refractivity contribution < 1.29 is 23.1 Å². The average Bonchev–Trinajstić information content (AvgIpc) is 3.09. The van der Waals surface area contributed by atoms with Gasteiger partial charge in [0.05, 0.1) is 36.3 Å². The Labute approximate surface area is 139 Å². The maximum atomic E-state index is 12.8. The third-order valence-corrected chi connectivity index (χ3v) is 5.76. The summed E-state index contributed by atoms with van der Waals surface area (Å²) >= 11 is 0. The second-order valence-corrected chi connectivity index (χ2v) is 7.28. The molecular formula is C15H17N3O5S. The number of carboxylic acids is 1. The highest BCUT2D eigenvalue weighted by atomic mass is 32.2. The van der Waals surface area contributed by atoms with E-state index >= 15 is 0 Å². The first-order valence-corrected chi connectivity index (χ1v) is 8.84. The average molecular weight is 351 g/mol. The van der Waals surface area contributed by atoms with Crippen molar-refractivity contribution in [2.24, 2.45) is 0 Å². The predicted octanol–water partition coefficient (Wildman–Crippen LogP) is 0.736. The summed E-state index contributed by atoms with van der Waals surface area (Å²) in [7, 11) is -3.78. The van der Waals surface area contributed by atoms with Crippen LogP contribution in [0.15, 0.2) is 47.6 Å². The lowest BCUT2D eigenvalue weighted by Gasteiger charge is -2.33. The second kappa shape index (κ2) is 6.71. The molecule has 0 saturated carbocycles. The molecule has 1 N–H and O–H groups in total. The van der Waals surface area contributed by atoms with Gasteiger partial charge in [0.25, 0.3) is 0 Å². The van der Waals surface area contributed by atoms with E-state index in [1.165, 1.54) is 16.4 Å². The van der Waals surface area contributed by atoms with Crippen molar-refractivity contribution in [2.45, 2.75) is 17.4 Å². The SMILES string of the molecule is O=C(O)C[C@@H]1COCCN1S(=O)(=O)c1ccc(-n2cccn2)cc1. The highest BCUT2D eigenvalue weighted by Crippen LogP contribution is 2.23. The molecule has 0 radical (unpaired) electrons. The molecule has 0 amide bonds. The van der Waals surface area contributed by atoms with Crippen LogP contribution in [-0.2, 0) is 19.6 Å². The number of aromatic nitrogens is 2. The molecule has 1 aliphatic rings. The number of carbonyl (C=O) groups is 1. The number of aliphatic carboxylic acids is 1. The molecule has 1 atom stereocenters. The van der Waals surface area contributed by atoms with Crippen molar-refractivity contribution in [1.82, 2.24) is 14.1 Å².